The van der Waals surface area contributed by atoms with Crippen molar-refractivity contribution < 1.29 is 19.0 Å². The molecule has 1 amide bonds. The van der Waals surface area contributed by atoms with E-state index in [4.69, 9.17) is 14.2 Å². The molecular weight excluding hydrogens is 356 g/mol. The molecule has 0 unspecified atom stereocenters. The molecule has 0 saturated heterocycles. The summed E-state index contributed by atoms with van der Waals surface area (Å²) in [7, 11) is 0. The molecule has 1 N–H and O–H groups in total. The first-order valence-corrected chi connectivity index (χ1v) is 9.29. The molecule has 2 aromatic carbocycles. The molecule has 6 heteroatoms. The highest BCUT2D eigenvalue weighted by atomic mass is 16.5. The maximum atomic E-state index is 12.3. The lowest BCUT2D eigenvalue weighted by Crippen LogP contribution is -2.20. The van der Waals surface area contributed by atoms with Gasteiger partial charge in [0.25, 0.3) is 5.91 Å². The Morgan fingerprint density at radius 2 is 1.71 bits per heavy atom. The number of rotatable bonds is 8. The van der Waals surface area contributed by atoms with E-state index in [-0.39, 0.29) is 12.5 Å². The lowest BCUT2D eigenvalue weighted by molar-refractivity contribution is -0.118. The Labute approximate surface area is 164 Å². The number of aromatic nitrogens is 1. The van der Waals surface area contributed by atoms with Crippen LogP contribution in [0.2, 0.25) is 0 Å². The average molecular weight is 380 g/mol. The summed E-state index contributed by atoms with van der Waals surface area (Å²) in [4.78, 5) is 16.8. The Balaban J connectivity index is 1.68. The number of hydrogen-bond acceptors (Lipinski definition) is 5. The van der Waals surface area contributed by atoms with E-state index in [1.807, 2.05) is 51.1 Å². The first kappa shape index (κ1) is 19.5. The van der Waals surface area contributed by atoms with E-state index in [2.05, 4.69) is 10.3 Å². The Bertz CT molecular complexity index is 972. The molecule has 0 aliphatic heterocycles. The van der Waals surface area contributed by atoms with Crippen LogP contribution < -0.4 is 19.5 Å². The fourth-order valence-electron chi connectivity index (χ4n) is 2.80. The topological polar surface area (TPSA) is 69.7 Å². The molecule has 1 heterocycles. The standard InChI is InChI=1S/C22H24N2O4/c1-4-26-18-12-11-17(13-20(18)27-5-2)24-21(25)14-28-19-8-6-7-16-10-9-15(3)23-22(16)19/h6-13H,4-5,14H2,1-3H3,(H,24,25). The zero-order valence-corrected chi connectivity index (χ0v) is 16.3. The minimum Gasteiger partial charge on any atom is -0.490 e. The largest absolute Gasteiger partial charge is 0.490 e. The van der Waals surface area contributed by atoms with Crippen LogP contribution in [0.5, 0.6) is 17.2 Å². The quantitative estimate of drug-likeness (QED) is 0.629. The smallest absolute Gasteiger partial charge is 0.262 e. The molecule has 146 valence electrons. The number of amides is 1. The van der Waals surface area contributed by atoms with Gasteiger partial charge in [-0.3, -0.25) is 4.79 Å². The summed E-state index contributed by atoms with van der Waals surface area (Å²) >= 11 is 0. The predicted molar refractivity (Wildman–Crippen MR) is 109 cm³/mol. The number of benzene rings is 2. The van der Waals surface area contributed by atoms with Crippen molar-refractivity contribution >= 4 is 22.5 Å². The molecule has 0 aliphatic rings. The molecule has 3 aromatic rings. The van der Waals surface area contributed by atoms with Gasteiger partial charge in [0.1, 0.15) is 11.3 Å². The number of hydrogen-bond donors (Lipinski definition) is 1. The number of fused-ring (bicyclic) bond motifs is 1. The second-order valence-corrected chi connectivity index (χ2v) is 6.14. The molecule has 0 saturated carbocycles. The van der Waals surface area contributed by atoms with Crippen LogP contribution in [0.15, 0.2) is 48.5 Å². The number of para-hydroxylation sites is 1. The van der Waals surface area contributed by atoms with Crippen LogP contribution in [-0.2, 0) is 4.79 Å². The lowest BCUT2D eigenvalue weighted by Gasteiger charge is -2.13. The van der Waals surface area contributed by atoms with Crippen molar-refractivity contribution in [3.8, 4) is 17.2 Å². The lowest BCUT2D eigenvalue weighted by atomic mass is 10.2. The molecule has 28 heavy (non-hydrogen) atoms. The normalized spacial score (nSPS) is 10.5. The van der Waals surface area contributed by atoms with Crippen molar-refractivity contribution in [2.75, 3.05) is 25.1 Å². The van der Waals surface area contributed by atoms with Crippen LogP contribution in [0.25, 0.3) is 10.9 Å². The summed E-state index contributed by atoms with van der Waals surface area (Å²) in [6, 6.07) is 14.9. The fourth-order valence-corrected chi connectivity index (χ4v) is 2.80. The van der Waals surface area contributed by atoms with Gasteiger partial charge in [-0.15, -0.1) is 0 Å². The third-order valence-electron chi connectivity index (χ3n) is 4.01. The molecule has 0 atom stereocenters. The van der Waals surface area contributed by atoms with E-state index in [0.717, 1.165) is 16.6 Å². The fraction of sp³-hybridized carbons (Fsp3) is 0.273. The Morgan fingerprint density at radius 1 is 0.929 bits per heavy atom. The molecule has 1 aromatic heterocycles. The van der Waals surface area contributed by atoms with E-state index >= 15 is 0 Å². The number of aryl methyl sites for hydroxylation is 1. The van der Waals surface area contributed by atoms with Crippen LogP contribution in [0.4, 0.5) is 5.69 Å². The molecule has 0 aliphatic carbocycles. The Morgan fingerprint density at radius 3 is 2.50 bits per heavy atom. The summed E-state index contributed by atoms with van der Waals surface area (Å²) < 4.78 is 16.8. The predicted octanol–water partition coefficient (Wildman–Crippen LogP) is 4.36. The molecule has 3 rings (SSSR count). The van der Waals surface area contributed by atoms with Gasteiger partial charge >= 0.3 is 0 Å². The van der Waals surface area contributed by atoms with E-state index in [1.165, 1.54) is 0 Å². The van der Waals surface area contributed by atoms with Gasteiger partial charge in [-0.05, 0) is 45.0 Å². The van der Waals surface area contributed by atoms with E-state index in [9.17, 15) is 4.79 Å². The zero-order valence-electron chi connectivity index (χ0n) is 16.3. The van der Waals surface area contributed by atoms with Crippen LogP contribution in [-0.4, -0.2) is 30.7 Å². The summed E-state index contributed by atoms with van der Waals surface area (Å²) in [5.41, 5.74) is 2.26. The average Bonchev–Trinajstić information content (AvgIpc) is 2.68. The van der Waals surface area contributed by atoms with Crippen molar-refractivity contribution in [2.24, 2.45) is 0 Å². The Kier molecular flexibility index (Phi) is 6.32. The summed E-state index contributed by atoms with van der Waals surface area (Å²) in [6.45, 7) is 6.66. The van der Waals surface area contributed by atoms with Crippen molar-refractivity contribution in [3.63, 3.8) is 0 Å². The van der Waals surface area contributed by atoms with Gasteiger partial charge in [-0.1, -0.05) is 18.2 Å². The molecule has 6 nitrogen and oxygen atoms in total. The van der Waals surface area contributed by atoms with Crippen molar-refractivity contribution in [1.82, 2.24) is 4.98 Å². The van der Waals surface area contributed by atoms with Crippen LogP contribution in [0, 0.1) is 6.92 Å². The highest BCUT2D eigenvalue weighted by Crippen LogP contribution is 2.30. The SMILES string of the molecule is CCOc1ccc(NC(=O)COc2cccc3ccc(C)nc23)cc1OCC. The van der Waals surface area contributed by atoms with Crippen molar-refractivity contribution in [1.29, 1.82) is 0 Å². The van der Waals surface area contributed by atoms with Crippen LogP contribution in [0.1, 0.15) is 19.5 Å². The highest BCUT2D eigenvalue weighted by molar-refractivity contribution is 5.92. The number of carbonyl (C=O) groups excluding carboxylic acids is 1. The number of anilines is 1. The van der Waals surface area contributed by atoms with E-state index < -0.39 is 0 Å². The summed E-state index contributed by atoms with van der Waals surface area (Å²) in [5, 5.41) is 3.79. The minimum atomic E-state index is -0.267. The highest BCUT2D eigenvalue weighted by Gasteiger charge is 2.10. The van der Waals surface area contributed by atoms with Crippen molar-refractivity contribution in [3.05, 3.63) is 54.2 Å². The molecule has 0 spiro atoms. The van der Waals surface area contributed by atoms with Crippen LogP contribution in [0.3, 0.4) is 0 Å². The second kappa shape index (κ2) is 9.08. The monoisotopic (exact) mass is 380 g/mol. The number of nitrogens with zero attached hydrogens (tertiary/aromatic N) is 1. The third-order valence-corrected chi connectivity index (χ3v) is 4.01. The van der Waals surface area contributed by atoms with Gasteiger partial charge in [0, 0.05) is 22.8 Å². The van der Waals surface area contributed by atoms with Gasteiger partial charge < -0.3 is 19.5 Å². The van der Waals surface area contributed by atoms with E-state index in [1.54, 1.807) is 18.2 Å². The van der Waals surface area contributed by atoms with Gasteiger partial charge in [0.05, 0.1) is 13.2 Å². The molecule has 0 radical (unpaired) electrons. The summed E-state index contributed by atoms with van der Waals surface area (Å²) in [6.07, 6.45) is 0. The van der Waals surface area contributed by atoms with Crippen LogP contribution >= 0.6 is 0 Å². The first-order chi connectivity index (χ1) is 13.6. The van der Waals surface area contributed by atoms with Crippen molar-refractivity contribution in [2.45, 2.75) is 20.8 Å². The number of pyridine rings is 1. The number of carbonyl (C=O) groups is 1. The van der Waals surface area contributed by atoms with E-state index in [0.29, 0.717) is 36.1 Å². The first-order valence-electron chi connectivity index (χ1n) is 9.29. The number of nitrogens with one attached hydrogen (secondary N) is 1. The molecule has 0 fully saturated rings. The number of ether oxygens (including phenoxy) is 3. The van der Waals surface area contributed by atoms with Gasteiger partial charge in [-0.2, -0.15) is 0 Å². The summed E-state index contributed by atoms with van der Waals surface area (Å²) in [5.74, 6) is 1.56. The molecular formula is C22H24N2O4. The maximum absolute atomic E-state index is 12.3. The minimum absolute atomic E-state index is 0.119. The zero-order chi connectivity index (χ0) is 19.9. The molecule has 0 bridgehead atoms. The van der Waals surface area contributed by atoms with Gasteiger partial charge in [0.2, 0.25) is 0 Å². The van der Waals surface area contributed by atoms with Gasteiger partial charge in [-0.25, -0.2) is 4.98 Å². The Hall–Kier alpha value is -3.28. The third kappa shape index (κ3) is 4.71. The maximum Gasteiger partial charge on any atom is 0.262 e. The second-order valence-electron chi connectivity index (χ2n) is 6.14. The van der Waals surface area contributed by atoms with Gasteiger partial charge in [0.15, 0.2) is 18.1 Å².